The van der Waals surface area contributed by atoms with E-state index < -0.39 is 6.10 Å². The number of nitrogens with one attached hydrogen (secondary N) is 1. The minimum Gasteiger partial charge on any atom is -0.392 e. The fourth-order valence-corrected chi connectivity index (χ4v) is 2.31. The van der Waals surface area contributed by atoms with E-state index >= 15 is 0 Å². The minimum atomic E-state index is -0.472. The zero-order chi connectivity index (χ0) is 14.5. The van der Waals surface area contributed by atoms with Crippen molar-refractivity contribution in [2.24, 2.45) is 0 Å². The van der Waals surface area contributed by atoms with Crippen LogP contribution in [0.25, 0.3) is 0 Å². The molecule has 0 aromatic heterocycles. The van der Waals surface area contributed by atoms with Crippen LogP contribution in [0.1, 0.15) is 24.1 Å². The lowest BCUT2D eigenvalue weighted by molar-refractivity contribution is 0.188. The molecule has 0 heterocycles. The van der Waals surface area contributed by atoms with Crippen LogP contribution in [-0.2, 0) is 0 Å². The normalized spacial score (nSPS) is 14.0. The molecular formula is C16H17ClFNO. The SMILES string of the molecule is CC(O)CNC(c1ccc(F)cc1)c1ccccc1Cl. The van der Waals surface area contributed by atoms with Crippen molar-refractivity contribution in [1.82, 2.24) is 5.32 Å². The molecule has 0 saturated carbocycles. The van der Waals surface area contributed by atoms with Crippen LogP contribution in [0.15, 0.2) is 48.5 Å². The Hall–Kier alpha value is -1.42. The van der Waals surface area contributed by atoms with Crippen molar-refractivity contribution in [3.8, 4) is 0 Å². The summed E-state index contributed by atoms with van der Waals surface area (Å²) in [7, 11) is 0. The van der Waals surface area contributed by atoms with E-state index in [0.29, 0.717) is 11.6 Å². The molecule has 2 aromatic rings. The number of hydrogen-bond donors (Lipinski definition) is 2. The summed E-state index contributed by atoms with van der Waals surface area (Å²) in [6.45, 7) is 2.13. The van der Waals surface area contributed by atoms with Gasteiger partial charge >= 0.3 is 0 Å². The largest absolute Gasteiger partial charge is 0.392 e. The van der Waals surface area contributed by atoms with E-state index in [1.54, 1.807) is 19.1 Å². The first kappa shape index (κ1) is 15.0. The monoisotopic (exact) mass is 293 g/mol. The Morgan fingerprint density at radius 1 is 1.15 bits per heavy atom. The summed E-state index contributed by atoms with van der Waals surface area (Å²) in [6.07, 6.45) is -0.472. The second-order valence-electron chi connectivity index (χ2n) is 4.76. The maximum Gasteiger partial charge on any atom is 0.123 e. The highest BCUT2D eigenvalue weighted by Crippen LogP contribution is 2.28. The van der Waals surface area contributed by atoms with Crippen LogP contribution in [0.2, 0.25) is 5.02 Å². The maximum absolute atomic E-state index is 13.1. The summed E-state index contributed by atoms with van der Waals surface area (Å²) < 4.78 is 13.1. The summed E-state index contributed by atoms with van der Waals surface area (Å²) in [6, 6.07) is 13.6. The Morgan fingerprint density at radius 2 is 1.80 bits per heavy atom. The Morgan fingerprint density at radius 3 is 2.40 bits per heavy atom. The second-order valence-corrected chi connectivity index (χ2v) is 5.17. The van der Waals surface area contributed by atoms with Gasteiger partial charge in [0, 0.05) is 11.6 Å². The maximum atomic E-state index is 13.1. The lowest BCUT2D eigenvalue weighted by atomic mass is 9.98. The number of aliphatic hydroxyl groups excluding tert-OH is 1. The van der Waals surface area contributed by atoms with Crippen LogP contribution < -0.4 is 5.32 Å². The van der Waals surface area contributed by atoms with Crippen LogP contribution >= 0.6 is 11.6 Å². The minimum absolute atomic E-state index is 0.182. The number of benzene rings is 2. The van der Waals surface area contributed by atoms with Crippen molar-refractivity contribution in [3.05, 3.63) is 70.5 Å². The molecule has 0 fully saturated rings. The summed E-state index contributed by atoms with van der Waals surface area (Å²) in [5.41, 5.74) is 1.81. The summed E-state index contributed by atoms with van der Waals surface area (Å²) in [5, 5.41) is 13.3. The standard InChI is InChI=1S/C16H17ClFNO/c1-11(20)10-19-16(12-6-8-13(18)9-7-12)14-4-2-3-5-15(14)17/h2-9,11,16,19-20H,10H2,1H3. The summed E-state index contributed by atoms with van der Waals surface area (Å²) in [4.78, 5) is 0. The van der Waals surface area contributed by atoms with E-state index in [1.165, 1.54) is 12.1 Å². The lowest BCUT2D eigenvalue weighted by Crippen LogP contribution is -2.29. The molecule has 2 nitrogen and oxygen atoms in total. The predicted octanol–water partition coefficient (Wildman–Crippen LogP) is 3.54. The highest BCUT2D eigenvalue weighted by molar-refractivity contribution is 6.31. The number of halogens is 2. The van der Waals surface area contributed by atoms with Crippen LogP contribution in [-0.4, -0.2) is 17.8 Å². The first-order valence-corrected chi connectivity index (χ1v) is 6.87. The van der Waals surface area contributed by atoms with Gasteiger partial charge in [0.2, 0.25) is 0 Å². The van der Waals surface area contributed by atoms with Gasteiger partial charge in [0.25, 0.3) is 0 Å². The average molecular weight is 294 g/mol. The Balaban J connectivity index is 2.34. The van der Waals surface area contributed by atoms with E-state index in [2.05, 4.69) is 5.32 Å². The van der Waals surface area contributed by atoms with Gasteiger partial charge in [-0.05, 0) is 36.2 Å². The molecule has 0 bridgehead atoms. The van der Waals surface area contributed by atoms with Gasteiger partial charge in [-0.25, -0.2) is 4.39 Å². The molecule has 2 atom stereocenters. The van der Waals surface area contributed by atoms with Crippen LogP contribution in [0.3, 0.4) is 0 Å². The van der Waals surface area contributed by atoms with Crippen molar-refractivity contribution < 1.29 is 9.50 Å². The van der Waals surface area contributed by atoms with Crippen molar-refractivity contribution in [2.75, 3.05) is 6.54 Å². The molecular weight excluding hydrogens is 277 g/mol. The molecule has 2 rings (SSSR count). The fourth-order valence-electron chi connectivity index (χ4n) is 2.06. The summed E-state index contributed by atoms with van der Waals surface area (Å²) >= 11 is 6.24. The van der Waals surface area contributed by atoms with Crippen LogP contribution in [0.5, 0.6) is 0 Å². The molecule has 20 heavy (non-hydrogen) atoms. The first-order valence-electron chi connectivity index (χ1n) is 6.49. The molecule has 106 valence electrons. The van der Waals surface area contributed by atoms with E-state index in [-0.39, 0.29) is 11.9 Å². The third-order valence-electron chi connectivity index (χ3n) is 3.04. The highest BCUT2D eigenvalue weighted by Gasteiger charge is 2.16. The van der Waals surface area contributed by atoms with E-state index in [4.69, 9.17) is 11.6 Å². The van der Waals surface area contributed by atoms with Gasteiger partial charge in [-0.2, -0.15) is 0 Å². The Kier molecular flexibility index (Phi) is 5.12. The molecule has 4 heteroatoms. The topological polar surface area (TPSA) is 32.3 Å². The quantitative estimate of drug-likeness (QED) is 0.884. The van der Waals surface area contributed by atoms with Crippen molar-refractivity contribution in [2.45, 2.75) is 19.1 Å². The van der Waals surface area contributed by atoms with Crippen LogP contribution in [0.4, 0.5) is 4.39 Å². The predicted molar refractivity (Wildman–Crippen MR) is 79.4 cm³/mol. The van der Waals surface area contributed by atoms with Gasteiger partial charge in [-0.3, -0.25) is 0 Å². The molecule has 0 aliphatic carbocycles. The van der Waals surface area contributed by atoms with Crippen molar-refractivity contribution in [3.63, 3.8) is 0 Å². The summed E-state index contributed by atoms with van der Waals surface area (Å²) in [5.74, 6) is -0.276. The van der Waals surface area contributed by atoms with Crippen LogP contribution in [0, 0.1) is 5.82 Å². The van der Waals surface area contributed by atoms with Gasteiger partial charge in [0.15, 0.2) is 0 Å². The van der Waals surface area contributed by atoms with Crippen molar-refractivity contribution in [1.29, 1.82) is 0 Å². The number of aliphatic hydroxyl groups is 1. The highest BCUT2D eigenvalue weighted by atomic mass is 35.5. The third-order valence-corrected chi connectivity index (χ3v) is 3.38. The Labute approximate surface area is 123 Å². The third kappa shape index (κ3) is 3.79. The average Bonchev–Trinajstić information content (AvgIpc) is 2.42. The lowest BCUT2D eigenvalue weighted by Gasteiger charge is -2.22. The zero-order valence-corrected chi connectivity index (χ0v) is 11.9. The molecule has 0 spiro atoms. The Bertz CT molecular complexity index is 557. The molecule has 0 amide bonds. The smallest absolute Gasteiger partial charge is 0.123 e. The van der Waals surface area contributed by atoms with E-state index in [0.717, 1.165) is 11.1 Å². The van der Waals surface area contributed by atoms with Gasteiger partial charge in [-0.1, -0.05) is 41.9 Å². The fraction of sp³-hybridized carbons (Fsp3) is 0.250. The molecule has 0 aliphatic heterocycles. The molecule has 0 aliphatic rings. The number of rotatable bonds is 5. The number of hydrogen-bond acceptors (Lipinski definition) is 2. The van der Waals surface area contributed by atoms with E-state index in [9.17, 15) is 9.50 Å². The van der Waals surface area contributed by atoms with Crippen molar-refractivity contribution >= 4 is 11.6 Å². The molecule has 0 radical (unpaired) electrons. The molecule has 2 unspecified atom stereocenters. The van der Waals surface area contributed by atoms with Gasteiger partial charge < -0.3 is 10.4 Å². The molecule has 2 aromatic carbocycles. The van der Waals surface area contributed by atoms with Gasteiger partial charge in [-0.15, -0.1) is 0 Å². The zero-order valence-electron chi connectivity index (χ0n) is 11.2. The van der Waals surface area contributed by atoms with Gasteiger partial charge in [0.1, 0.15) is 5.82 Å². The van der Waals surface area contributed by atoms with Gasteiger partial charge in [0.05, 0.1) is 12.1 Å². The molecule has 0 saturated heterocycles. The van der Waals surface area contributed by atoms with E-state index in [1.807, 2.05) is 24.3 Å². The first-order chi connectivity index (χ1) is 9.58. The second kappa shape index (κ2) is 6.84. The molecule has 2 N–H and O–H groups in total.